The van der Waals surface area contributed by atoms with E-state index in [1.54, 1.807) is 78.2 Å². The van der Waals surface area contributed by atoms with Crippen molar-refractivity contribution in [2.24, 2.45) is 40.3 Å². The van der Waals surface area contributed by atoms with E-state index in [1.165, 1.54) is 32.4 Å². The van der Waals surface area contributed by atoms with Gasteiger partial charge in [0.25, 0.3) is 5.56 Å². The predicted molar refractivity (Wildman–Crippen MR) is 496 cm³/mol. The summed E-state index contributed by atoms with van der Waals surface area (Å²) in [6, 6.07) is 13.1. The van der Waals surface area contributed by atoms with Gasteiger partial charge in [-0.1, -0.05) is 121 Å². The number of unbranched alkanes of at least 4 members (excludes halogenated alkanes) is 1. The smallest absolute Gasteiger partial charge is 0.457 e. The molecule has 12 atom stereocenters. The van der Waals surface area contributed by atoms with E-state index in [2.05, 4.69) is 53.2 Å². The Balaban J connectivity index is 0.821. The van der Waals surface area contributed by atoms with Crippen LogP contribution in [-0.2, 0) is 118 Å². The van der Waals surface area contributed by atoms with Gasteiger partial charge in [0.1, 0.15) is 73.6 Å². The Morgan fingerprint density at radius 3 is 1.72 bits per heavy atom. The number of nitrogens with two attached hydrogens (primary N) is 6. The maximum absolute atomic E-state index is 15.1. The van der Waals surface area contributed by atoms with Crippen LogP contribution in [0.15, 0.2) is 102 Å². The molecule has 5 aromatic rings. The summed E-state index contributed by atoms with van der Waals surface area (Å²) < 4.78 is 18.2. The number of pyridine rings is 2. The second kappa shape index (κ2) is 51.0. The zero-order chi connectivity index (χ0) is 96.6. The van der Waals surface area contributed by atoms with E-state index in [-0.39, 0.29) is 151 Å². The molecule has 2 fully saturated rings. The molecule has 14 amide bonds. The Labute approximate surface area is 781 Å². The number of cyclic esters (lactones) is 1. The largest absolute Gasteiger partial charge is 0.509 e. The van der Waals surface area contributed by atoms with Gasteiger partial charge >= 0.3 is 12.1 Å². The number of para-hydroxylation sites is 1. The molecular formula is C89H121N21O20S3. The molecule has 2 aromatic heterocycles. The van der Waals surface area contributed by atoms with Crippen LogP contribution in [0.3, 0.4) is 0 Å². The quantitative estimate of drug-likeness (QED) is 0.00761. The van der Waals surface area contributed by atoms with Crippen LogP contribution in [-0.4, -0.2) is 249 Å². The van der Waals surface area contributed by atoms with Crippen LogP contribution in [0.5, 0.6) is 0 Å². The van der Waals surface area contributed by atoms with Gasteiger partial charge < -0.3 is 116 Å². The van der Waals surface area contributed by atoms with Crippen molar-refractivity contribution in [1.82, 2.24) is 72.5 Å². The fraction of sp³-hybridized carbons (Fsp3) is 0.517. The van der Waals surface area contributed by atoms with Gasteiger partial charge in [-0.05, 0) is 144 Å². The van der Waals surface area contributed by atoms with E-state index in [4.69, 9.17) is 59.0 Å². The molecule has 0 bridgehead atoms. The highest BCUT2D eigenvalue weighted by atomic mass is 33.1. The second-order valence-electron chi connectivity index (χ2n) is 33.3. The number of primary amides is 3. The molecule has 0 aliphatic carbocycles. The molecule has 4 aliphatic heterocycles. The van der Waals surface area contributed by atoms with Gasteiger partial charge in [0.15, 0.2) is 5.96 Å². The van der Waals surface area contributed by atoms with Gasteiger partial charge in [0.2, 0.25) is 88.3 Å². The number of ether oxygens (including phenoxy) is 3. The maximum Gasteiger partial charge on any atom is 0.509 e. The first-order chi connectivity index (χ1) is 63.6. The Kier molecular flexibility index (Phi) is 40.0. The maximum atomic E-state index is 15.1. The summed E-state index contributed by atoms with van der Waals surface area (Å²) in [6.45, 7) is 4.59. The number of aromatic nitrogens is 2. The standard InChI is InChI=1S/C89H121N21O20S3/c1-5-89(56-45-69-73-54(44-53-23-12-13-24-58(53)100-73)47-110(69)83(123)55(56)48-129-86(89)126)130-88(127)128-38-40-132-133-49-57(91)75(115)104-63(26-16-35-97-87(95)96)85(125)109-37-18-28-68(109)82(122)105-62(25-14-15-34-90)84(124)108-36-17-27-67(108)81(121)103-61(30-32-71(93)112)77(117)102-60(29-31-70(92)111)78(118)107-66(43-52-21-10-7-11-22-52)80(120)106-65(42-51-19-8-6-9-20-51)76(116)98-46-72(113)99-64(41-50(2)3)79(119)101-59(74(94)114)33-39-131-4/h6-13,19-24,44-45,50,57,59-68H,5,14-18,25-43,46-49,90-91H2,1-4H3,(H2,92,111)(H2,93,112)(H2,94,114)(H,98,116)(H,99,113)(H,101,119)(H,102,117)(H,103,121)(H,104,115)(H,105,122)(H,106,120)(H,107,118)(H4,95,96,97)/t57-,59-,60-,61-,62-,63-,64-,65-,66-,67-,68-,89-/m0/s1. The van der Waals surface area contributed by atoms with Crippen molar-refractivity contribution >= 4 is 145 Å². The number of amides is 14. The second-order valence-corrected chi connectivity index (χ2v) is 36.9. The minimum Gasteiger partial charge on any atom is -0.457 e. The molecule has 3 aromatic carbocycles. The number of rotatable bonds is 52. The number of nitrogens with zero attached hydrogens (tertiary/aromatic N) is 4. The third kappa shape index (κ3) is 29.8. The van der Waals surface area contributed by atoms with Crippen LogP contribution >= 0.6 is 33.3 Å². The first-order valence-electron chi connectivity index (χ1n) is 44.3. The molecule has 6 heterocycles. The molecule has 0 unspecified atom stereocenters. The zero-order valence-corrected chi connectivity index (χ0v) is 77.3. The van der Waals surface area contributed by atoms with Crippen molar-refractivity contribution in [2.45, 2.75) is 222 Å². The van der Waals surface area contributed by atoms with Crippen molar-refractivity contribution in [3.8, 4) is 11.4 Å². The first kappa shape index (κ1) is 104. The first-order valence-corrected chi connectivity index (χ1v) is 48.2. The number of hydrogen-bond acceptors (Lipinski definition) is 27. The number of fused-ring (bicyclic) bond motifs is 5. The number of esters is 1. The number of hydrogen-bond donors (Lipinski definition) is 17. The Bertz CT molecular complexity index is 5100. The van der Waals surface area contributed by atoms with Crippen molar-refractivity contribution in [3.05, 3.63) is 135 Å². The third-order valence-electron chi connectivity index (χ3n) is 23.0. The van der Waals surface area contributed by atoms with E-state index < -0.39 is 205 Å². The van der Waals surface area contributed by atoms with Crippen LogP contribution in [0.2, 0.25) is 0 Å². The van der Waals surface area contributed by atoms with Gasteiger partial charge in [-0.3, -0.25) is 77.3 Å². The fourth-order valence-corrected chi connectivity index (χ4v) is 18.5. The van der Waals surface area contributed by atoms with Gasteiger partial charge in [-0.15, -0.1) is 0 Å². The van der Waals surface area contributed by atoms with Gasteiger partial charge in [0.05, 0.1) is 41.6 Å². The summed E-state index contributed by atoms with van der Waals surface area (Å²) in [7, 11) is 2.33. The summed E-state index contributed by atoms with van der Waals surface area (Å²) in [5, 5.41) is 35.1. The number of carbonyl (C=O) groups is 16. The lowest BCUT2D eigenvalue weighted by atomic mass is 9.85. The minimum atomic E-state index is -2.02. The van der Waals surface area contributed by atoms with Crippen LogP contribution in [0.25, 0.3) is 22.3 Å². The van der Waals surface area contributed by atoms with Crippen LogP contribution in [0.4, 0.5) is 4.79 Å². The molecule has 0 spiro atoms. The average molecular weight is 1900 g/mol. The molecule has 41 nitrogen and oxygen atoms in total. The van der Waals surface area contributed by atoms with E-state index in [9.17, 15) is 76.7 Å². The highest BCUT2D eigenvalue weighted by Gasteiger charge is 2.52. The summed E-state index contributed by atoms with van der Waals surface area (Å²) in [5.41, 5.74) is 36.2. The number of carbonyl (C=O) groups excluding carboxylic acids is 16. The number of likely N-dealkylation sites (tertiary alicyclic amines) is 2. The highest BCUT2D eigenvalue weighted by Crippen LogP contribution is 2.42. The monoisotopic (exact) mass is 1900 g/mol. The summed E-state index contributed by atoms with van der Waals surface area (Å²) in [5.74, 6) is -12.4. The SMILES string of the molecule is CC[C@@]1(OC(=O)OCCSSC[C@H](N)C(=O)N[C@@H](CCCNC(=N)N)C(=O)N2CCC[C@H]2C(=O)N[C@@H](CCCCN)C(=O)N2CCC[C@H]2C(=O)N[C@@H](CCC(N)=O)C(=O)N[C@@H](CCC(N)=O)C(=O)N[C@@H](Cc2ccccc2)C(=O)N[C@@H](Cc2ccccc2)C(=O)NCC(=O)N[C@@H](CC(C)C)C(=O)N[C@@H](CCSC)C(N)=O)C(=O)OCc2c1cc1n(c2=O)Cc2cc3ccccc3nc2-1. The van der Waals surface area contributed by atoms with E-state index in [1.807, 2.05) is 50.4 Å². The number of thioether (sulfide) groups is 1. The molecule has 44 heteroatoms. The molecular weight excluding hydrogens is 1780 g/mol. The lowest BCUT2D eigenvalue weighted by Gasteiger charge is -2.35. The van der Waals surface area contributed by atoms with Crippen LogP contribution < -0.4 is 93.1 Å². The molecule has 2 saturated heterocycles. The highest BCUT2D eigenvalue weighted by molar-refractivity contribution is 8.76. The number of nitrogens with one attached hydrogen (secondary N) is 11. The van der Waals surface area contributed by atoms with Gasteiger partial charge in [0, 0.05) is 73.3 Å². The Morgan fingerprint density at radius 1 is 0.602 bits per heavy atom. The minimum absolute atomic E-state index is 0.00972. The third-order valence-corrected chi connectivity index (χ3v) is 26.1. The van der Waals surface area contributed by atoms with E-state index >= 15 is 4.79 Å². The van der Waals surface area contributed by atoms with E-state index in [0.29, 0.717) is 53.0 Å². The molecule has 9 rings (SSSR count). The van der Waals surface area contributed by atoms with Gasteiger partial charge in [-0.25, -0.2) is 14.6 Å². The lowest BCUT2D eigenvalue weighted by molar-refractivity contribution is -0.175. The van der Waals surface area contributed by atoms with Crippen LogP contribution in [0, 0.1) is 11.3 Å². The molecule has 133 heavy (non-hydrogen) atoms. The normalized spacial score (nSPS) is 17.3. The summed E-state index contributed by atoms with van der Waals surface area (Å²) >= 11 is 1.44. The van der Waals surface area contributed by atoms with Crippen molar-refractivity contribution in [3.63, 3.8) is 0 Å². The number of guanidine groups is 1. The fourth-order valence-electron chi connectivity index (χ4n) is 16.1. The summed E-state index contributed by atoms with van der Waals surface area (Å²) in [6.07, 6.45) is 0.185. The predicted octanol–water partition coefficient (Wildman–Crippen LogP) is -0.381. The Morgan fingerprint density at radius 2 is 1.14 bits per heavy atom. The molecule has 0 saturated carbocycles. The molecule has 720 valence electrons. The average Bonchev–Trinajstić information content (AvgIpc) is 1.68. The topological polar surface area (TPSA) is 642 Å². The Hall–Kier alpha value is -12.4. The molecule has 4 aliphatic rings. The van der Waals surface area contributed by atoms with Crippen LogP contribution in [0.1, 0.15) is 151 Å². The van der Waals surface area contributed by atoms with Gasteiger partial charge in [-0.2, -0.15) is 11.8 Å². The number of benzene rings is 3. The lowest BCUT2D eigenvalue weighted by Crippen LogP contribution is -2.60. The van der Waals surface area contributed by atoms with Crippen molar-refractivity contribution in [1.29, 1.82) is 5.41 Å². The van der Waals surface area contributed by atoms with Crippen molar-refractivity contribution in [2.75, 3.05) is 62.8 Å². The summed E-state index contributed by atoms with van der Waals surface area (Å²) in [4.78, 5) is 245. The molecule has 0 radical (unpaired) electrons. The molecule has 23 N–H and O–H groups in total. The van der Waals surface area contributed by atoms with E-state index in [0.717, 1.165) is 21.7 Å². The zero-order valence-electron chi connectivity index (χ0n) is 74.8. The van der Waals surface area contributed by atoms with Crippen molar-refractivity contribution < 1.29 is 90.9 Å².